The van der Waals surface area contributed by atoms with Gasteiger partial charge >= 0.3 is 11.9 Å². The lowest BCUT2D eigenvalue weighted by Crippen LogP contribution is -2.32. The van der Waals surface area contributed by atoms with Gasteiger partial charge in [-0.3, -0.25) is 33.8 Å². The maximum Gasteiger partial charge on any atom is 0.338 e. The minimum atomic E-state index is -2.42. The summed E-state index contributed by atoms with van der Waals surface area (Å²) in [6, 6.07) is 54.3. The minimum Gasteiger partial charge on any atom is -0.768 e. The van der Waals surface area contributed by atoms with Crippen molar-refractivity contribution in [3.05, 3.63) is 236 Å². The first-order valence-corrected chi connectivity index (χ1v) is 38.7. The standard InChI is InChI=1S/C33H48O4.C19H24.C11H10Cl2O4.C10H12N2O.C8H6O4S.C7H8O.4CH4/c1-9-13-34-27-17-23-25(19-29(27)36-15-11-3)33(21-31(23,5)6)22-32(7,8)24-18-28(35-14-10-2)30(20-26(24)33)37-16-12-4;1-4-16(17-11-7-5-8-12-17)15-19(2,3)18-13-9-6-10-14-18;1-3-16-11(15)7-4-8(12)10(9(13)5-7)17-6(2)14;1-8-7-12(11-10(8)13)9-5-3-2-4-6-9;9-4-6-1-7(5-10)3-8(2-6)13(11)12;1-6-2-4-7(8)5-3-6;;;;/h17-20H,9-16,21-22H2,1-8H3;5-14,16H,4,15H2,1-3H3;4-5H,3H2,1-2H3;2-6,8H,7H2,1H3,(H,11,13);1-5H,(H,11,12);2-5,8H,1H3;4*1H4/p-1. The highest BCUT2D eigenvalue weighted by atomic mass is 35.5. The number of esters is 2. The van der Waals surface area contributed by atoms with Crippen molar-refractivity contribution < 1.29 is 66.3 Å². The number of para-hydroxylation sites is 1. The molecule has 0 radical (unpaired) electrons. The third kappa shape index (κ3) is 27.7. The largest absolute Gasteiger partial charge is 0.768 e. The third-order valence-corrected chi connectivity index (χ3v) is 19.7. The molecule has 0 saturated carbocycles. The van der Waals surface area contributed by atoms with E-state index in [9.17, 15) is 32.7 Å². The summed E-state index contributed by atoms with van der Waals surface area (Å²) in [4.78, 5) is 54.0. The maximum absolute atomic E-state index is 11.4. The van der Waals surface area contributed by atoms with Gasteiger partial charge in [0.1, 0.15) is 18.3 Å². The normalized spacial score (nSPS) is 14.4. The summed E-state index contributed by atoms with van der Waals surface area (Å²) in [5, 5.41) is 10.8. The van der Waals surface area contributed by atoms with Crippen LogP contribution in [0.25, 0.3) is 0 Å². The van der Waals surface area contributed by atoms with E-state index in [1.807, 2.05) is 61.3 Å². The van der Waals surface area contributed by atoms with Crippen molar-refractivity contribution in [3.8, 4) is 34.5 Å². The number of hydrogen-bond donors (Lipinski definition) is 2. The molecule has 1 heterocycles. The number of carbonyl (C=O) groups excluding carboxylic acids is 5. The second kappa shape index (κ2) is 46.7. The molecule has 1 spiro atoms. The van der Waals surface area contributed by atoms with Crippen LogP contribution in [0.2, 0.25) is 10.0 Å². The van der Waals surface area contributed by atoms with E-state index in [-0.39, 0.29) is 107 Å². The molecule has 8 aromatic carbocycles. The molecule has 3 atom stereocenters. The highest BCUT2D eigenvalue weighted by Crippen LogP contribution is 2.65. The number of phenols is 1. The Morgan fingerprint density at radius 2 is 1.05 bits per heavy atom. The molecule has 16 nitrogen and oxygen atoms in total. The van der Waals surface area contributed by atoms with E-state index in [1.165, 1.54) is 89.0 Å². The van der Waals surface area contributed by atoms with Crippen molar-refractivity contribution in [3.63, 3.8) is 0 Å². The smallest absolute Gasteiger partial charge is 0.338 e. The Balaban J connectivity index is 0.000000482. The van der Waals surface area contributed by atoms with E-state index in [0.29, 0.717) is 50.7 Å². The molecule has 606 valence electrons. The van der Waals surface area contributed by atoms with E-state index >= 15 is 0 Å². The summed E-state index contributed by atoms with van der Waals surface area (Å²) >= 11 is 9.29. The molecule has 1 amide bonds. The van der Waals surface area contributed by atoms with Gasteiger partial charge in [-0.15, -0.1) is 0 Å². The number of rotatable bonds is 24. The van der Waals surface area contributed by atoms with E-state index in [4.69, 9.17) is 56.7 Å². The lowest BCUT2D eigenvalue weighted by Gasteiger charge is -2.31. The van der Waals surface area contributed by atoms with Crippen LogP contribution < -0.4 is 34.1 Å². The van der Waals surface area contributed by atoms with Crippen molar-refractivity contribution >= 4 is 70.4 Å². The lowest BCUT2D eigenvalue weighted by molar-refractivity contribution is -0.131. The SMILES string of the molecule is C.C.C.C.CC1CN(c2ccccc2)NC1=O.CCC(CC(C)(C)c1ccccc1)c1ccccc1.CCCOc1cc2c(cc1OCCC)C1(CC2(C)C)CC(C)(C)c2cc(OCCC)c(OCCC)cc21.CCOC(=O)c1cc(Cl)c(OC(C)=O)c(Cl)c1.Cc1ccc(O)cc1.O=Cc1cc(C=O)cc(S(=O)[O-])c1. The molecule has 1 fully saturated rings. The molecule has 1 saturated heterocycles. The molecular weight excluding hydrogens is 1460 g/mol. The van der Waals surface area contributed by atoms with Gasteiger partial charge < -0.3 is 38.1 Å². The second-order valence-corrected chi connectivity index (χ2v) is 30.6. The molecule has 2 N–H and O–H groups in total. The molecule has 11 rings (SSSR count). The van der Waals surface area contributed by atoms with Gasteiger partial charge in [-0.1, -0.05) is 233 Å². The van der Waals surface area contributed by atoms with Gasteiger partial charge in [0.25, 0.3) is 0 Å². The summed E-state index contributed by atoms with van der Waals surface area (Å²) in [5.74, 6) is 3.62. The first kappa shape index (κ1) is 98.1. The number of aryl methyl sites for hydroxylation is 1. The Hall–Kier alpha value is -9.00. The Bertz CT molecular complexity index is 4070. The number of benzene rings is 8. The topological polar surface area (TPSA) is 216 Å². The highest BCUT2D eigenvalue weighted by Gasteiger charge is 2.57. The van der Waals surface area contributed by atoms with E-state index < -0.39 is 23.0 Å². The number of amides is 1. The average molecular weight is 1580 g/mol. The third-order valence-electron chi connectivity index (χ3n) is 18.5. The number of fused-ring (bicyclic) bond motifs is 4. The number of anilines is 1. The summed E-state index contributed by atoms with van der Waals surface area (Å²) in [6.07, 6.45) is 9.36. The Kier molecular flexibility index (Phi) is 41.3. The molecule has 0 bridgehead atoms. The number of nitrogens with zero attached hydrogens (tertiary/aromatic N) is 1. The van der Waals surface area contributed by atoms with Crippen molar-refractivity contribution in [2.45, 2.75) is 217 Å². The van der Waals surface area contributed by atoms with E-state index in [0.717, 1.165) is 73.8 Å². The fourth-order valence-corrected chi connectivity index (χ4v) is 14.5. The Labute approximate surface area is 675 Å². The fraction of sp³-hybridized carbons (Fsp3) is 0.424. The predicted molar refractivity (Wildman–Crippen MR) is 455 cm³/mol. The molecule has 2 aliphatic carbocycles. The van der Waals surface area contributed by atoms with Gasteiger partial charge in [-0.2, -0.15) is 0 Å². The number of aromatic hydroxyl groups is 1. The Morgan fingerprint density at radius 1 is 0.631 bits per heavy atom. The second-order valence-electron chi connectivity index (χ2n) is 28.8. The van der Waals surface area contributed by atoms with Crippen molar-refractivity contribution in [2.24, 2.45) is 5.92 Å². The van der Waals surface area contributed by atoms with Crippen LogP contribution in [0.15, 0.2) is 175 Å². The van der Waals surface area contributed by atoms with Crippen LogP contribution in [0.4, 0.5) is 5.69 Å². The first-order chi connectivity index (χ1) is 50.9. The molecule has 8 aromatic rings. The van der Waals surface area contributed by atoms with Crippen LogP contribution in [0.3, 0.4) is 0 Å². The van der Waals surface area contributed by atoms with Crippen molar-refractivity contribution in [1.29, 1.82) is 0 Å². The molecule has 19 heteroatoms. The molecule has 3 aliphatic rings. The number of hydrogen-bond acceptors (Lipinski definition) is 15. The van der Waals surface area contributed by atoms with Crippen molar-refractivity contribution in [2.75, 3.05) is 44.6 Å². The zero-order chi connectivity index (χ0) is 78.7. The summed E-state index contributed by atoms with van der Waals surface area (Å²) < 4.78 is 55.6. The van der Waals surface area contributed by atoms with Crippen LogP contribution in [-0.4, -0.2) is 83.9 Å². The first-order valence-electron chi connectivity index (χ1n) is 36.8. The molecule has 0 aromatic heterocycles. The lowest BCUT2D eigenvalue weighted by atomic mass is 9.72. The van der Waals surface area contributed by atoms with Crippen LogP contribution >= 0.6 is 23.2 Å². The summed E-state index contributed by atoms with van der Waals surface area (Å²) in [6.45, 7) is 35.7. The van der Waals surface area contributed by atoms with Gasteiger partial charge in [-0.05, 0) is 211 Å². The van der Waals surface area contributed by atoms with Crippen LogP contribution in [0.5, 0.6) is 34.5 Å². The highest BCUT2D eigenvalue weighted by molar-refractivity contribution is 7.79. The number of ether oxygens (including phenoxy) is 6. The molecule has 3 unspecified atom stereocenters. The molecular formula is C92H123Cl2N2O14S-. The van der Waals surface area contributed by atoms with Crippen LogP contribution in [-0.2, 0) is 47.1 Å². The van der Waals surface area contributed by atoms with Crippen LogP contribution in [0.1, 0.15) is 254 Å². The number of phenolic OH excluding ortho intramolecular Hbond substituents is 1. The number of halogens is 2. The Morgan fingerprint density at radius 3 is 1.41 bits per heavy atom. The van der Waals surface area contributed by atoms with Gasteiger partial charge in [0.15, 0.2) is 28.7 Å². The summed E-state index contributed by atoms with van der Waals surface area (Å²) in [5.41, 5.74) is 14.2. The van der Waals surface area contributed by atoms with Gasteiger partial charge in [-0.25, -0.2) is 4.79 Å². The minimum absolute atomic E-state index is 0. The maximum atomic E-state index is 11.4. The number of carbonyl (C=O) groups is 5. The monoisotopic (exact) mass is 1580 g/mol. The molecule has 111 heavy (non-hydrogen) atoms. The summed E-state index contributed by atoms with van der Waals surface area (Å²) in [7, 11) is 0. The van der Waals surface area contributed by atoms with Gasteiger partial charge in [0.05, 0.1) is 66.8 Å². The van der Waals surface area contributed by atoms with Crippen LogP contribution in [0, 0.1) is 12.8 Å². The predicted octanol–water partition coefficient (Wildman–Crippen LogP) is 23.1. The van der Waals surface area contributed by atoms with E-state index in [1.54, 1.807) is 19.1 Å². The quantitative estimate of drug-likeness (QED) is 0.0249. The molecule has 1 aliphatic heterocycles. The fourth-order valence-electron chi connectivity index (χ4n) is 13.4. The zero-order valence-electron chi connectivity index (χ0n) is 64.7. The van der Waals surface area contributed by atoms with Crippen molar-refractivity contribution in [1.82, 2.24) is 5.43 Å². The van der Waals surface area contributed by atoms with Gasteiger partial charge in [0.2, 0.25) is 5.91 Å². The van der Waals surface area contributed by atoms with Gasteiger partial charge in [0, 0.05) is 28.4 Å². The van der Waals surface area contributed by atoms with E-state index in [2.05, 4.69) is 167 Å². The zero-order valence-corrected chi connectivity index (χ0v) is 67.1. The number of nitrogens with one attached hydrogen (secondary N) is 1. The number of aldehydes is 2. The number of hydrazine groups is 1. The average Bonchev–Trinajstić information content (AvgIpc) is 1.52.